The summed E-state index contributed by atoms with van der Waals surface area (Å²) < 4.78 is 0. The van der Waals surface area contributed by atoms with Crippen LogP contribution in [0.5, 0.6) is 0 Å². The average Bonchev–Trinajstić information content (AvgIpc) is 2.33. The number of nitrogens with one attached hydrogen (secondary N) is 1. The first-order valence-electron chi connectivity index (χ1n) is 7.78. The van der Waals surface area contributed by atoms with E-state index in [1.165, 1.54) is 77.5 Å². The lowest BCUT2D eigenvalue weighted by Crippen LogP contribution is -2.49. The van der Waals surface area contributed by atoms with E-state index in [1.54, 1.807) is 0 Å². The van der Waals surface area contributed by atoms with Crippen LogP contribution in [0.3, 0.4) is 0 Å². The normalized spacial score (nSPS) is 21.9. The van der Waals surface area contributed by atoms with Gasteiger partial charge in [0.25, 0.3) is 0 Å². The van der Waals surface area contributed by atoms with Crippen LogP contribution < -0.4 is 5.32 Å². The number of hydrogen-bond donors (Lipinski definition) is 1. The van der Waals surface area contributed by atoms with E-state index < -0.39 is 0 Å². The SMILES string of the molecule is CCCCCCCCCCN1CCN[C@H](C)C1. The molecular weight excluding hydrogens is 208 g/mol. The fourth-order valence-electron chi connectivity index (χ4n) is 2.68. The standard InChI is InChI=1S/C15H32N2/c1-3-4-5-6-7-8-9-10-12-17-13-11-16-15(2)14-17/h15-16H,3-14H2,1-2H3/t15-/m1/s1. The smallest absolute Gasteiger partial charge is 0.0167 e. The highest BCUT2D eigenvalue weighted by Gasteiger charge is 2.14. The Kier molecular flexibility index (Phi) is 8.72. The molecule has 1 rings (SSSR count). The molecule has 1 aliphatic rings. The number of rotatable bonds is 9. The van der Waals surface area contributed by atoms with Crippen LogP contribution >= 0.6 is 0 Å². The van der Waals surface area contributed by atoms with Gasteiger partial charge in [0.15, 0.2) is 0 Å². The van der Waals surface area contributed by atoms with Gasteiger partial charge in [0.05, 0.1) is 0 Å². The lowest BCUT2D eigenvalue weighted by atomic mass is 10.1. The van der Waals surface area contributed by atoms with Gasteiger partial charge < -0.3 is 10.2 Å². The Morgan fingerprint density at radius 2 is 1.65 bits per heavy atom. The fraction of sp³-hybridized carbons (Fsp3) is 1.00. The van der Waals surface area contributed by atoms with Crippen LogP contribution in [0.1, 0.15) is 65.2 Å². The molecule has 0 aromatic carbocycles. The molecule has 0 radical (unpaired) electrons. The minimum atomic E-state index is 0.692. The zero-order valence-electron chi connectivity index (χ0n) is 12.0. The van der Waals surface area contributed by atoms with Crippen LogP contribution in [0, 0.1) is 0 Å². The second kappa shape index (κ2) is 9.90. The molecular formula is C15H32N2. The maximum atomic E-state index is 3.50. The number of hydrogen-bond acceptors (Lipinski definition) is 2. The van der Waals surface area contributed by atoms with Crippen molar-refractivity contribution in [2.24, 2.45) is 0 Å². The van der Waals surface area contributed by atoms with E-state index in [0.29, 0.717) is 6.04 Å². The highest BCUT2D eigenvalue weighted by atomic mass is 15.2. The molecule has 0 aliphatic carbocycles. The second-order valence-corrected chi connectivity index (χ2v) is 5.63. The van der Waals surface area contributed by atoms with Crippen LogP contribution in [0.15, 0.2) is 0 Å². The summed E-state index contributed by atoms with van der Waals surface area (Å²) in [5.41, 5.74) is 0. The molecule has 0 saturated carbocycles. The molecule has 0 spiro atoms. The Hall–Kier alpha value is -0.0800. The molecule has 0 unspecified atom stereocenters. The summed E-state index contributed by atoms with van der Waals surface area (Å²) in [5.74, 6) is 0. The van der Waals surface area contributed by atoms with Gasteiger partial charge in [0.2, 0.25) is 0 Å². The first-order valence-corrected chi connectivity index (χ1v) is 7.78. The summed E-state index contributed by atoms with van der Waals surface area (Å²) >= 11 is 0. The van der Waals surface area contributed by atoms with Crippen molar-refractivity contribution in [3.8, 4) is 0 Å². The van der Waals surface area contributed by atoms with Crippen molar-refractivity contribution < 1.29 is 0 Å². The third kappa shape index (κ3) is 7.77. The zero-order valence-corrected chi connectivity index (χ0v) is 12.0. The van der Waals surface area contributed by atoms with Crippen molar-refractivity contribution in [1.29, 1.82) is 0 Å². The van der Waals surface area contributed by atoms with E-state index in [0.717, 1.165) is 0 Å². The molecule has 102 valence electrons. The van der Waals surface area contributed by atoms with Gasteiger partial charge in [-0.2, -0.15) is 0 Å². The van der Waals surface area contributed by atoms with Gasteiger partial charge in [-0.15, -0.1) is 0 Å². The monoisotopic (exact) mass is 240 g/mol. The molecule has 2 heteroatoms. The number of nitrogens with zero attached hydrogens (tertiary/aromatic N) is 1. The first kappa shape index (κ1) is 15.0. The maximum Gasteiger partial charge on any atom is 0.0167 e. The van der Waals surface area contributed by atoms with Gasteiger partial charge in [-0.3, -0.25) is 0 Å². The summed E-state index contributed by atoms with van der Waals surface area (Å²) in [6.07, 6.45) is 11.4. The summed E-state index contributed by atoms with van der Waals surface area (Å²) in [7, 11) is 0. The molecule has 17 heavy (non-hydrogen) atoms. The molecule has 1 N–H and O–H groups in total. The van der Waals surface area contributed by atoms with E-state index in [1.807, 2.05) is 0 Å². The molecule has 1 aliphatic heterocycles. The van der Waals surface area contributed by atoms with Crippen LogP contribution in [-0.4, -0.2) is 37.1 Å². The third-order valence-electron chi connectivity index (χ3n) is 3.78. The number of piperazine rings is 1. The lowest BCUT2D eigenvalue weighted by Gasteiger charge is -2.31. The fourth-order valence-corrected chi connectivity index (χ4v) is 2.68. The van der Waals surface area contributed by atoms with E-state index in [2.05, 4.69) is 24.1 Å². The van der Waals surface area contributed by atoms with Gasteiger partial charge in [-0.1, -0.05) is 51.9 Å². The summed E-state index contributed by atoms with van der Waals surface area (Å²) in [6.45, 7) is 9.57. The van der Waals surface area contributed by atoms with E-state index in [4.69, 9.17) is 0 Å². The van der Waals surface area contributed by atoms with Crippen molar-refractivity contribution in [2.75, 3.05) is 26.2 Å². The maximum absolute atomic E-state index is 3.50. The number of unbranched alkanes of at least 4 members (excludes halogenated alkanes) is 7. The third-order valence-corrected chi connectivity index (χ3v) is 3.78. The van der Waals surface area contributed by atoms with Crippen LogP contribution in [0.4, 0.5) is 0 Å². The second-order valence-electron chi connectivity index (χ2n) is 5.63. The van der Waals surface area contributed by atoms with Crippen molar-refractivity contribution in [3.05, 3.63) is 0 Å². The molecule has 0 aromatic heterocycles. The van der Waals surface area contributed by atoms with E-state index in [-0.39, 0.29) is 0 Å². The molecule has 1 atom stereocenters. The Balaban J connectivity index is 1.83. The van der Waals surface area contributed by atoms with Crippen molar-refractivity contribution in [1.82, 2.24) is 10.2 Å². The van der Waals surface area contributed by atoms with Crippen LogP contribution in [-0.2, 0) is 0 Å². The predicted molar refractivity (Wildman–Crippen MR) is 76.5 cm³/mol. The van der Waals surface area contributed by atoms with Gasteiger partial charge in [-0.25, -0.2) is 0 Å². The molecule has 0 amide bonds. The molecule has 2 nitrogen and oxygen atoms in total. The highest BCUT2D eigenvalue weighted by Crippen LogP contribution is 2.09. The van der Waals surface area contributed by atoms with Crippen LogP contribution in [0.25, 0.3) is 0 Å². The minimum absolute atomic E-state index is 0.692. The Bertz CT molecular complexity index is 170. The van der Waals surface area contributed by atoms with Gasteiger partial charge in [0.1, 0.15) is 0 Å². The average molecular weight is 240 g/mol. The summed E-state index contributed by atoms with van der Waals surface area (Å²) in [6, 6.07) is 0.692. The van der Waals surface area contributed by atoms with Crippen molar-refractivity contribution in [2.45, 2.75) is 71.3 Å². The Morgan fingerprint density at radius 3 is 2.29 bits per heavy atom. The molecule has 1 heterocycles. The predicted octanol–water partition coefficient (Wildman–Crippen LogP) is 3.42. The Morgan fingerprint density at radius 1 is 1.00 bits per heavy atom. The zero-order chi connectivity index (χ0) is 12.3. The Labute approximate surface area is 108 Å². The topological polar surface area (TPSA) is 15.3 Å². The largest absolute Gasteiger partial charge is 0.312 e. The van der Waals surface area contributed by atoms with E-state index in [9.17, 15) is 0 Å². The summed E-state index contributed by atoms with van der Waals surface area (Å²) in [5, 5.41) is 3.50. The van der Waals surface area contributed by atoms with Gasteiger partial charge >= 0.3 is 0 Å². The quantitative estimate of drug-likeness (QED) is 0.621. The van der Waals surface area contributed by atoms with E-state index >= 15 is 0 Å². The lowest BCUT2D eigenvalue weighted by molar-refractivity contribution is 0.203. The van der Waals surface area contributed by atoms with Crippen LogP contribution in [0.2, 0.25) is 0 Å². The minimum Gasteiger partial charge on any atom is -0.312 e. The van der Waals surface area contributed by atoms with Crippen molar-refractivity contribution >= 4 is 0 Å². The molecule has 0 aromatic rings. The first-order chi connectivity index (χ1) is 8.33. The van der Waals surface area contributed by atoms with Gasteiger partial charge in [-0.05, 0) is 19.9 Å². The van der Waals surface area contributed by atoms with Crippen molar-refractivity contribution in [3.63, 3.8) is 0 Å². The highest BCUT2D eigenvalue weighted by molar-refractivity contribution is 4.74. The van der Waals surface area contributed by atoms with Gasteiger partial charge in [0, 0.05) is 25.7 Å². The molecule has 1 saturated heterocycles. The summed E-state index contributed by atoms with van der Waals surface area (Å²) in [4.78, 5) is 2.62. The molecule has 0 bridgehead atoms. The molecule has 1 fully saturated rings.